The lowest BCUT2D eigenvalue weighted by Crippen LogP contribution is -2.19. The molecular weight excluding hydrogens is 244 g/mol. The molecular formula is C15H12O4. The number of hydrogen-bond donors (Lipinski definition) is 0. The van der Waals surface area contributed by atoms with Crippen molar-refractivity contribution in [2.24, 2.45) is 0 Å². The Bertz CT molecular complexity index is 607. The van der Waals surface area contributed by atoms with Crippen LogP contribution in [-0.4, -0.2) is 19.4 Å². The third kappa shape index (κ3) is 2.18. The lowest BCUT2D eigenvalue weighted by Gasteiger charge is -2.05. The van der Waals surface area contributed by atoms with E-state index in [9.17, 15) is 4.79 Å². The lowest BCUT2D eigenvalue weighted by atomic mass is 10.0. The summed E-state index contributed by atoms with van der Waals surface area (Å²) in [7, 11) is 1.49. The van der Waals surface area contributed by atoms with Gasteiger partial charge in [0.15, 0.2) is 17.3 Å². The van der Waals surface area contributed by atoms with Crippen LogP contribution in [0.3, 0.4) is 0 Å². The molecule has 96 valence electrons. The molecule has 0 bridgehead atoms. The van der Waals surface area contributed by atoms with Crippen molar-refractivity contribution in [2.45, 2.75) is 6.48 Å². The van der Waals surface area contributed by atoms with Gasteiger partial charge in [-0.2, -0.15) is 0 Å². The highest BCUT2D eigenvalue weighted by Gasteiger charge is 2.25. The van der Waals surface area contributed by atoms with E-state index in [0.717, 1.165) is 0 Å². The first kappa shape index (κ1) is 11.7. The fourth-order valence-electron chi connectivity index (χ4n) is 1.92. The second kappa shape index (κ2) is 4.74. The second-order valence-electron chi connectivity index (χ2n) is 4.12. The quantitative estimate of drug-likeness (QED) is 0.792. The molecule has 0 amide bonds. The van der Waals surface area contributed by atoms with Gasteiger partial charge in [-0.1, -0.05) is 30.3 Å². The Morgan fingerprint density at radius 2 is 1.74 bits per heavy atom. The van der Waals surface area contributed by atoms with Gasteiger partial charge in [0, 0.05) is 18.2 Å². The van der Waals surface area contributed by atoms with Gasteiger partial charge in [0.2, 0.25) is 0 Å². The first-order valence-electron chi connectivity index (χ1n) is 5.88. The molecule has 0 fully saturated rings. The van der Waals surface area contributed by atoms with Crippen LogP contribution in [0.1, 0.15) is 15.9 Å². The third-order valence-corrected chi connectivity index (χ3v) is 2.88. The van der Waals surface area contributed by atoms with Crippen molar-refractivity contribution >= 4 is 5.78 Å². The molecule has 1 aliphatic rings. The predicted molar refractivity (Wildman–Crippen MR) is 68.4 cm³/mol. The molecule has 1 atom stereocenters. The Kier molecular flexibility index (Phi) is 2.93. The van der Waals surface area contributed by atoms with Gasteiger partial charge in [-0.3, -0.25) is 4.79 Å². The van der Waals surface area contributed by atoms with Crippen LogP contribution in [0.15, 0.2) is 48.5 Å². The van der Waals surface area contributed by atoms with Gasteiger partial charge >= 0.3 is 6.48 Å². The smallest absolute Gasteiger partial charge is 0.360 e. The highest BCUT2D eigenvalue weighted by atomic mass is 16.9. The summed E-state index contributed by atoms with van der Waals surface area (Å²) in [6.07, 6.45) is 0. The highest BCUT2D eigenvalue weighted by molar-refractivity contribution is 6.09. The predicted octanol–water partition coefficient (Wildman–Crippen LogP) is 2.62. The number of carbonyl (C=O) groups is 1. The minimum atomic E-state index is -0.739. The van der Waals surface area contributed by atoms with Crippen LogP contribution in [-0.2, 0) is 4.74 Å². The zero-order valence-electron chi connectivity index (χ0n) is 10.3. The van der Waals surface area contributed by atoms with Gasteiger partial charge < -0.3 is 14.2 Å². The molecule has 4 nitrogen and oxygen atoms in total. The van der Waals surface area contributed by atoms with Crippen LogP contribution in [0.2, 0.25) is 0 Å². The molecule has 0 N–H and O–H groups in total. The van der Waals surface area contributed by atoms with E-state index in [1.807, 2.05) is 18.2 Å². The minimum Gasteiger partial charge on any atom is -0.428 e. The molecule has 0 spiro atoms. The average molecular weight is 256 g/mol. The highest BCUT2D eigenvalue weighted by Crippen LogP contribution is 2.35. The van der Waals surface area contributed by atoms with Gasteiger partial charge in [-0.05, 0) is 18.2 Å². The minimum absolute atomic E-state index is 0.0483. The number of fused-ring (bicyclic) bond motifs is 1. The molecule has 0 saturated carbocycles. The summed E-state index contributed by atoms with van der Waals surface area (Å²) in [6, 6.07) is 14.2. The molecule has 0 aromatic heterocycles. The van der Waals surface area contributed by atoms with Crippen LogP contribution < -0.4 is 9.47 Å². The molecule has 2 aromatic carbocycles. The Labute approximate surface area is 110 Å². The topological polar surface area (TPSA) is 44.8 Å². The second-order valence-corrected chi connectivity index (χ2v) is 4.12. The maximum absolute atomic E-state index is 12.3. The Hall–Kier alpha value is -2.33. The number of carbonyl (C=O) groups excluding carboxylic acids is 1. The SMILES string of the molecule is COC1Oc2ccc(C(=O)c3ccccc3)cc2O1. The molecule has 19 heavy (non-hydrogen) atoms. The Morgan fingerprint density at radius 3 is 2.47 bits per heavy atom. The summed E-state index contributed by atoms with van der Waals surface area (Å²) >= 11 is 0. The van der Waals surface area contributed by atoms with E-state index in [2.05, 4.69) is 0 Å². The first-order valence-corrected chi connectivity index (χ1v) is 5.88. The van der Waals surface area contributed by atoms with E-state index in [0.29, 0.717) is 22.6 Å². The zero-order chi connectivity index (χ0) is 13.2. The molecule has 0 aliphatic carbocycles. The van der Waals surface area contributed by atoms with E-state index < -0.39 is 6.48 Å². The third-order valence-electron chi connectivity index (χ3n) is 2.88. The summed E-state index contributed by atoms with van der Waals surface area (Å²) in [5, 5.41) is 0. The van der Waals surface area contributed by atoms with Crippen LogP contribution in [0.4, 0.5) is 0 Å². The van der Waals surface area contributed by atoms with Gasteiger partial charge in [0.1, 0.15) is 0 Å². The summed E-state index contributed by atoms with van der Waals surface area (Å²) in [6.45, 7) is -0.739. The average Bonchev–Trinajstić information content (AvgIpc) is 2.89. The Morgan fingerprint density at radius 1 is 1.00 bits per heavy atom. The number of ketones is 1. The number of benzene rings is 2. The summed E-state index contributed by atoms with van der Waals surface area (Å²) in [5.41, 5.74) is 1.20. The van der Waals surface area contributed by atoms with E-state index in [1.165, 1.54) is 7.11 Å². The van der Waals surface area contributed by atoms with Gasteiger partial charge in [0.05, 0.1) is 0 Å². The largest absolute Gasteiger partial charge is 0.428 e. The van der Waals surface area contributed by atoms with E-state index >= 15 is 0 Å². The maximum Gasteiger partial charge on any atom is 0.360 e. The summed E-state index contributed by atoms with van der Waals surface area (Å²) < 4.78 is 15.7. The van der Waals surface area contributed by atoms with Crippen molar-refractivity contribution in [3.05, 3.63) is 59.7 Å². The maximum atomic E-state index is 12.3. The van der Waals surface area contributed by atoms with Crippen LogP contribution >= 0.6 is 0 Å². The lowest BCUT2D eigenvalue weighted by molar-refractivity contribution is -0.157. The molecule has 4 heteroatoms. The van der Waals surface area contributed by atoms with Crippen molar-refractivity contribution in [3.8, 4) is 11.5 Å². The standard InChI is InChI=1S/C15H12O4/c1-17-15-18-12-8-7-11(9-13(12)19-15)14(16)10-5-3-2-4-6-10/h2-9,15H,1H3. The zero-order valence-corrected chi connectivity index (χ0v) is 10.3. The van der Waals surface area contributed by atoms with Crippen molar-refractivity contribution in [1.82, 2.24) is 0 Å². The van der Waals surface area contributed by atoms with Gasteiger partial charge in [-0.25, -0.2) is 0 Å². The van der Waals surface area contributed by atoms with Crippen molar-refractivity contribution in [1.29, 1.82) is 0 Å². The fraction of sp³-hybridized carbons (Fsp3) is 0.133. The van der Waals surface area contributed by atoms with E-state index in [1.54, 1.807) is 30.3 Å². The van der Waals surface area contributed by atoms with E-state index in [-0.39, 0.29) is 5.78 Å². The molecule has 3 rings (SSSR count). The van der Waals surface area contributed by atoms with Crippen molar-refractivity contribution < 1.29 is 19.0 Å². The summed E-state index contributed by atoms with van der Waals surface area (Å²) in [4.78, 5) is 12.3. The number of methoxy groups -OCH3 is 1. The van der Waals surface area contributed by atoms with Gasteiger partial charge in [0.25, 0.3) is 0 Å². The monoisotopic (exact) mass is 256 g/mol. The first-order chi connectivity index (χ1) is 9.28. The molecule has 1 aliphatic heterocycles. The molecule has 1 unspecified atom stereocenters. The van der Waals surface area contributed by atoms with Crippen LogP contribution in [0, 0.1) is 0 Å². The summed E-state index contributed by atoms with van der Waals surface area (Å²) in [5.74, 6) is 1.05. The van der Waals surface area contributed by atoms with Crippen molar-refractivity contribution in [2.75, 3.05) is 7.11 Å². The normalized spacial score (nSPS) is 16.4. The number of ether oxygens (including phenoxy) is 3. The Balaban J connectivity index is 1.90. The fourth-order valence-corrected chi connectivity index (χ4v) is 1.92. The molecule has 0 saturated heterocycles. The number of rotatable bonds is 3. The van der Waals surface area contributed by atoms with Crippen LogP contribution in [0.5, 0.6) is 11.5 Å². The van der Waals surface area contributed by atoms with Gasteiger partial charge in [-0.15, -0.1) is 0 Å². The van der Waals surface area contributed by atoms with E-state index in [4.69, 9.17) is 14.2 Å². The molecule has 1 heterocycles. The molecule has 2 aromatic rings. The number of hydrogen-bond acceptors (Lipinski definition) is 4. The molecule has 0 radical (unpaired) electrons. The van der Waals surface area contributed by atoms with Crippen LogP contribution in [0.25, 0.3) is 0 Å². The van der Waals surface area contributed by atoms with Crippen molar-refractivity contribution in [3.63, 3.8) is 0 Å².